The van der Waals surface area contributed by atoms with Crippen molar-refractivity contribution in [3.8, 4) is 11.4 Å². The molecule has 0 saturated heterocycles. The maximum absolute atomic E-state index is 13.7. The van der Waals surface area contributed by atoms with Gasteiger partial charge in [-0.2, -0.15) is 0 Å². The van der Waals surface area contributed by atoms with Crippen LogP contribution in [0.2, 0.25) is 0 Å². The van der Waals surface area contributed by atoms with Crippen LogP contribution in [0.15, 0.2) is 36.5 Å². The summed E-state index contributed by atoms with van der Waals surface area (Å²) in [6.45, 7) is 0. The molecule has 0 fully saturated rings. The Labute approximate surface area is 112 Å². The molecule has 0 bridgehead atoms. The molecule has 6 nitrogen and oxygen atoms in total. The number of halogens is 1. The normalized spacial score (nSPS) is 10.8. The van der Waals surface area contributed by atoms with Gasteiger partial charge in [-0.3, -0.25) is 9.78 Å². The van der Waals surface area contributed by atoms with Crippen LogP contribution in [0.3, 0.4) is 0 Å². The number of hydrogen-bond donors (Lipinski definition) is 2. The third-order valence-corrected chi connectivity index (χ3v) is 3.03. The van der Waals surface area contributed by atoms with Crippen molar-refractivity contribution >= 4 is 22.5 Å². The highest BCUT2D eigenvalue weighted by Crippen LogP contribution is 2.31. The highest BCUT2D eigenvalue weighted by molar-refractivity contribution is 6.03. The Bertz CT molecular complexity index is 827. The van der Waals surface area contributed by atoms with Crippen LogP contribution in [0.1, 0.15) is 10.4 Å². The van der Waals surface area contributed by atoms with Gasteiger partial charge in [0.05, 0.1) is 11.3 Å². The number of aromatic nitrogens is 3. The van der Waals surface area contributed by atoms with Crippen molar-refractivity contribution in [3.05, 3.63) is 42.1 Å². The van der Waals surface area contributed by atoms with Crippen molar-refractivity contribution in [2.24, 2.45) is 5.73 Å². The number of pyridine rings is 1. The number of carbonyl (C=O) groups excluding carboxylic acids is 1. The molecule has 100 valence electrons. The van der Waals surface area contributed by atoms with E-state index in [1.165, 1.54) is 12.3 Å². The van der Waals surface area contributed by atoms with E-state index in [0.29, 0.717) is 10.9 Å². The number of nitrogens with zero attached hydrogens (tertiary/aromatic N) is 3. The van der Waals surface area contributed by atoms with E-state index in [1.807, 2.05) is 0 Å². The van der Waals surface area contributed by atoms with Crippen molar-refractivity contribution in [1.29, 1.82) is 0 Å². The van der Waals surface area contributed by atoms with E-state index in [-0.39, 0.29) is 27.5 Å². The minimum Gasteiger partial charge on any atom is -0.396 e. The van der Waals surface area contributed by atoms with Crippen LogP contribution >= 0.6 is 0 Å². The van der Waals surface area contributed by atoms with Crippen LogP contribution in [-0.4, -0.2) is 20.9 Å². The summed E-state index contributed by atoms with van der Waals surface area (Å²) in [5.74, 6) is -0.671. The molecule has 0 aliphatic carbocycles. The van der Waals surface area contributed by atoms with Crippen LogP contribution in [0.5, 0.6) is 0 Å². The van der Waals surface area contributed by atoms with E-state index < -0.39 is 5.91 Å². The molecule has 0 aliphatic rings. The molecule has 1 aromatic carbocycles. The largest absolute Gasteiger partial charge is 0.396 e. The van der Waals surface area contributed by atoms with E-state index in [0.717, 1.165) is 0 Å². The van der Waals surface area contributed by atoms with Gasteiger partial charge in [0, 0.05) is 11.6 Å². The molecule has 1 amide bonds. The van der Waals surface area contributed by atoms with Crippen molar-refractivity contribution in [2.45, 2.75) is 0 Å². The molecule has 0 radical (unpaired) electrons. The Kier molecular flexibility index (Phi) is 2.60. The molecule has 7 heteroatoms. The van der Waals surface area contributed by atoms with E-state index in [4.69, 9.17) is 11.5 Å². The monoisotopic (exact) mass is 271 g/mol. The molecular formula is C13H10FN5O. The van der Waals surface area contributed by atoms with Gasteiger partial charge in [0.25, 0.3) is 5.91 Å². The number of para-hydroxylation sites is 1. The minimum absolute atomic E-state index is 0.0869. The third kappa shape index (κ3) is 1.68. The molecule has 2 aromatic heterocycles. The Morgan fingerprint density at radius 1 is 1.20 bits per heavy atom. The van der Waals surface area contributed by atoms with E-state index >= 15 is 0 Å². The first-order valence-electron chi connectivity index (χ1n) is 5.78. The Hall–Kier alpha value is -2.96. The smallest absolute Gasteiger partial charge is 0.250 e. The van der Waals surface area contributed by atoms with Crippen LogP contribution in [0.25, 0.3) is 22.3 Å². The number of nitrogen functional groups attached to an aromatic ring is 1. The lowest BCUT2D eigenvalue weighted by Gasteiger charge is -2.05. The average molecular weight is 271 g/mol. The van der Waals surface area contributed by atoms with Crippen molar-refractivity contribution < 1.29 is 9.28 Å². The standard InChI is InChI=1S/C13H10FN5O/c14-19-9-4-2-1-3-7(9)11(18-19)12-10(15)8(13(16)20)5-6-17-12/h1-6H,15H2,(H2,16,20). The molecule has 0 atom stereocenters. The van der Waals surface area contributed by atoms with Gasteiger partial charge in [-0.15, -0.1) is 5.10 Å². The zero-order valence-electron chi connectivity index (χ0n) is 10.2. The van der Waals surface area contributed by atoms with Crippen LogP contribution in [-0.2, 0) is 0 Å². The maximum Gasteiger partial charge on any atom is 0.250 e. The number of nitrogens with two attached hydrogens (primary N) is 2. The van der Waals surface area contributed by atoms with Crippen LogP contribution < -0.4 is 11.5 Å². The average Bonchev–Trinajstić information content (AvgIpc) is 2.77. The van der Waals surface area contributed by atoms with Gasteiger partial charge in [-0.25, -0.2) is 0 Å². The molecule has 20 heavy (non-hydrogen) atoms. The van der Waals surface area contributed by atoms with Gasteiger partial charge < -0.3 is 11.5 Å². The van der Waals surface area contributed by atoms with Crippen molar-refractivity contribution in [1.82, 2.24) is 15.0 Å². The first-order valence-corrected chi connectivity index (χ1v) is 5.78. The number of carbonyl (C=O) groups is 1. The van der Waals surface area contributed by atoms with Gasteiger partial charge in [0.15, 0.2) is 0 Å². The number of rotatable bonds is 2. The number of anilines is 1. The second kappa shape index (κ2) is 4.30. The first-order chi connectivity index (χ1) is 9.59. The SMILES string of the molecule is NC(=O)c1ccnc(-c2nn(F)c3ccccc23)c1N. The number of benzene rings is 1. The first kappa shape index (κ1) is 12.1. The number of amides is 1. The molecule has 2 heterocycles. The number of fused-ring (bicyclic) bond motifs is 1. The Morgan fingerprint density at radius 3 is 2.70 bits per heavy atom. The summed E-state index contributed by atoms with van der Waals surface area (Å²) >= 11 is 0. The lowest BCUT2D eigenvalue weighted by Crippen LogP contribution is -2.14. The quantitative estimate of drug-likeness (QED) is 0.737. The molecular weight excluding hydrogens is 261 g/mol. The third-order valence-electron chi connectivity index (χ3n) is 3.03. The maximum atomic E-state index is 13.7. The number of hydrogen-bond acceptors (Lipinski definition) is 4. The van der Waals surface area contributed by atoms with E-state index in [2.05, 4.69) is 10.1 Å². The summed E-state index contributed by atoms with van der Waals surface area (Å²) < 4.78 is 13.7. The Balaban J connectivity index is 2.32. The molecule has 0 aliphatic heterocycles. The molecule has 0 saturated carbocycles. The zero-order valence-corrected chi connectivity index (χ0v) is 10.2. The van der Waals surface area contributed by atoms with Crippen molar-refractivity contribution in [2.75, 3.05) is 5.73 Å². The number of primary amides is 1. The fourth-order valence-electron chi connectivity index (χ4n) is 2.08. The molecule has 0 spiro atoms. The van der Waals surface area contributed by atoms with Gasteiger partial charge in [0.2, 0.25) is 0 Å². The second-order valence-electron chi connectivity index (χ2n) is 4.21. The molecule has 4 N–H and O–H groups in total. The minimum atomic E-state index is -0.671. The fourth-order valence-corrected chi connectivity index (χ4v) is 2.08. The zero-order chi connectivity index (χ0) is 14.3. The summed E-state index contributed by atoms with van der Waals surface area (Å²) in [7, 11) is 0. The lowest BCUT2D eigenvalue weighted by atomic mass is 10.1. The van der Waals surface area contributed by atoms with Crippen LogP contribution in [0.4, 0.5) is 10.2 Å². The van der Waals surface area contributed by atoms with E-state index in [9.17, 15) is 9.28 Å². The summed E-state index contributed by atoms with van der Waals surface area (Å²) in [6, 6.07) is 8.14. The van der Waals surface area contributed by atoms with Gasteiger partial charge in [-0.1, -0.05) is 27.6 Å². The second-order valence-corrected chi connectivity index (χ2v) is 4.21. The van der Waals surface area contributed by atoms with E-state index in [1.54, 1.807) is 24.3 Å². The van der Waals surface area contributed by atoms with Crippen molar-refractivity contribution in [3.63, 3.8) is 0 Å². The topological polar surface area (TPSA) is 99.8 Å². The molecule has 3 rings (SSSR count). The van der Waals surface area contributed by atoms with Crippen LogP contribution in [0, 0.1) is 0 Å². The summed E-state index contributed by atoms with van der Waals surface area (Å²) in [5.41, 5.74) is 12.1. The van der Waals surface area contributed by atoms with Gasteiger partial charge in [0.1, 0.15) is 16.9 Å². The summed E-state index contributed by atoms with van der Waals surface area (Å²) in [5, 5.41) is 4.33. The molecule has 0 unspecified atom stereocenters. The van der Waals surface area contributed by atoms with Gasteiger partial charge in [-0.05, 0) is 12.1 Å². The Morgan fingerprint density at radius 2 is 1.95 bits per heavy atom. The predicted molar refractivity (Wildman–Crippen MR) is 72.4 cm³/mol. The molecule has 3 aromatic rings. The summed E-state index contributed by atoms with van der Waals surface area (Å²) in [6.07, 6.45) is 1.39. The summed E-state index contributed by atoms with van der Waals surface area (Å²) in [4.78, 5) is 15.6. The lowest BCUT2D eigenvalue weighted by molar-refractivity contribution is 0.100. The fraction of sp³-hybridized carbons (Fsp3) is 0. The van der Waals surface area contributed by atoms with Gasteiger partial charge >= 0.3 is 0 Å². The highest BCUT2D eigenvalue weighted by atomic mass is 19.2. The predicted octanol–water partition coefficient (Wildman–Crippen LogP) is 1.51. The highest BCUT2D eigenvalue weighted by Gasteiger charge is 2.18.